The number of amides is 1. The van der Waals surface area contributed by atoms with Crippen LogP contribution in [0.5, 0.6) is 0 Å². The molecule has 1 aliphatic rings. The Kier molecular flexibility index (Phi) is 6.24. The largest absolute Gasteiger partial charge is 0.342 e. The van der Waals surface area contributed by atoms with E-state index in [-0.39, 0.29) is 0 Å². The normalized spacial score (nSPS) is 14.4. The molecule has 0 aliphatic heterocycles. The van der Waals surface area contributed by atoms with Crippen molar-refractivity contribution >= 4 is 5.91 Å². The maximum absolute atomic E-state index is 12.5. The Morgan fingerprint density at radius 2 is 1.71 bits per heavy atom. The molecule has 0 aromatic heterocycles. The fourth-order valence-electron chi connectivity index (χ4n) is 2.75. The summed E-state index contributed by atoms with van der Waals surface area (Å²) in [6, 6.07) is 11.1. The van der Waals surface area contributed by atoms with E-state index in [1.807, 2.05) is 11.0 Å². The predicted molar refractivity (Wildman–Crippen MR) is 87.0 cm³/mol. The Morgan fingerprint density at radius 1 is 1.10 bits per heavy atom. The molecular weight excluding hydrogens is 260 g/mol. The van der Waals surface area contributed by atoms with Crippen molar-refractivity contribution in [2.75, 3.05) is 19.6 Å². The van der Waals surface area contributed by atoms with Crippen molar-refractivity contribution in [1.82, 2.24) is 9.80 Å². The molecule has 1 aliphatic carbocycles. The highest BCUT2D eigenvalue weighted by molar-refractivity contribution is 5.78. The van der Waals surface area contributed by atoms with Crippen LogP contribution in [0, 0.1) is 0 Å². The van der Waals surface area contributed by atoms with Gasteiger partial charge in [0.05, 0.1) is 6.54 Å². The van der Waals surface area contributed by atoms with E-state index in [0.717, 1.165) is 32.5 Å². The van der Waals surface area contributed by atoms with Crippen LogP contribution in [0.2, 0.25) is 0 Å². The van der Waals surface area contributed by atoms with Crippen LogP contribution in [0.25, 0.3) is 0 Å². The van der Waals surface area contributed by atoms with Crippen LogP contribution in [0.1, 0.15) is 45.1 Å². The van der Waals surface area contributed by atoms with Crippen LogP contribution in [0.4, 0.5) is 0 Å². The average Bonchev–Trinajstić information content (AvgIpc) is 3.32. The summed E-state index contributed by atoms with van der Waals surface area (Å²) in [5, 5.41) is 0. The van der Waals surface area contributed by atoms with Crippen LogP contribution in [0.15, 0.2) is 30.3 Å². The maximum Gasteiger partial charge on any atom is 0.236 e. The first kappa shape index (κ1) is 16.0. The van der Waals surface area contributed by atoms with Crippen LogP contribution < -0.4 is 0 Å². The molecule has 0 spiro atoms. The van der Waals surface area contributed by atoms with Gasteiger partial charge >= 0.3 is 0 Å². The Morgan fingerprint density at radius 3 is 2.24 bits per heavy atom. The molecule has 1 aromatic rings. The van der Waals surface area contributed by atoms with Crippen molar-refractivity contribution in [2.45, 2.75) is 52.1 Å². The van der Waals surface area contributed by atoms with E-state index in [2.05, 4.69) is 43.0 Å². The van der Waals surface area contributed by atoms with Gasteiger partial charge in [0.1, 0.15) is 0 Å². The molecule has 3 nitrogen and oxygen atoms in total. The Balaban J connectivity index is 1.94. The van der Waals surface area contributed by atoms with Gasteiger partial charge in [-0.1, -0.05) is 44.2 Å². The first-order chi connectivity index (χ1) is 10.2. The fraction of sp³-hybridized carbons (Fsp3) is 0.611. The molecule has 3 heteroatoms. The fourth-order valence-corrected chi connectivity index (χ4v) is 2.75. The average molecular weight is 288 g/mol. The van der Waals surface area contributed by atoms with Gasteiger partial charge in [0.2, 0.25) is 5.91 Å². The third kappa shape index (κ3) is 5.16. The molecule has 116 valence electrons. The summed E-state index contributed by atoms with van der Waals surface area (Å²) >= 11 is 0. The van der Waals surface area contributed by atoms with E-state index in [0.29, 0.717) is 18.5 Å². The van der Waals surface area contributed by atoms with Gasteiger partial charge in [-0.15, -0.1) is 0 Å². The molecule has 0 unspecified atom stereocenters. The Labute approximate surface area is 128 Å². The molecule has 1 fully saturated rings. The molecule has 1 amide bonds. The second kappa shape index (κ2) is 8.18. The minimum Gasteiger partial charge on any atom is -0.342 e. The molecule has 1 aromatic carbocycles. The van der Waals surface area contributed by atoms with Gasteiger partial charge in [-0.2, -0.15) is 0 Å². The molecule has 1 saturated carbocycles. The molecule has 0 N–H and O–H groups in total. The highest BCUT2D eigenvalue weighted by Gasteiger charge is 2.31. The van der Waals surface area contributed by atoms with E-state index in [1.54, 1.807) is 0 Å². The summed E-state index contributed by atoms with van der Waals surface area (Å²) in [5.74, 6) is 0.293. The molecule has 21 heavy (non-hydrogen) atoms. The van der Waals surface area contributed by atoms with Crippen molar-refractivity contribution < 1.29 is 4.79 Å². The van der Waals surface area contributed by atoms with Crippen molar-refractivity contribution in [3.8, 4) is 0 Å². The summed E-state index contributed by atoms with van der Waals surface area (Å²) in [6.07, 6.45) is 4.55. The Bertz CT molecular complexity index is 422. The highest BCUT2D eigenvalue weighted by atomic mass is 16.2. The first-order valence-electron chi connectivity index (χ1n) is 8.30. The minimum absolute atomic E-state index is 0.293. The second-order valence-corrected chi connectivity index (χ2v) is 6.00. The van der Waals surface area contributed by atoms with Crippen LogP contribution in [-0.4, -0.2) is 41.4 Å². The van der Waals surface area contributed by atoms with Gasteiger partial charge in [0.15, 0.2) is 0 Å². The zero-order chi connectivity index (χ0) is 15.1. The number of carbonyl (C=O) groups is 1. The third-order valence-corrected chi connectivity index (χ3v) is 3.97. The molecule has 0 atom stereocenters. The number of hydrogen-bond donors (Lipinski definition) is 0. The topological polar surface area (TPSA) is 23.6 Å². The lowest BCUT2D eigenvalue weighted by atomic mass is 10.2. The van der Waals surface area contributed by atoms with Gasteiger partial charge in [-0.05, 0) is 31.2 Å². The molecule has 0 radical (unpaired) electrons. The monoisotopic (exact) mass is 288 g/mol. The summed E-state index contributed by atoms with van der Waals surface area (Å²) < 4.78 is 0. The second-order valence-electron chi connectivity index (χ2n) is 6.00. The van der Waals surface area contributed by atoms with Crippen molar-refractivity contribution in [1.29, 1.82) is 0 Å². The summed E-state index contributed by atoms with van der Waals surface area (Å²) in [4.78, 5) is 16.9. The summed E-state index contributed by atoms with van der Waals surface area (Å²) in [5.41, 5.74) is 1.30. The first-order valence-corrected chi connectivity index (χ1v) is 8.30. The zero-order valence-electron chi connectivity index (χ0n) is 13.4. The molecule has 2 rings (SSSR count). The van der Waals surface area contributed by atoms with Crippen LogP contribution in [0.3, 0.4) is 0 Å². The number of rotatable bonds is 9. The SMILES string of the molecule is CCCN(CCC)C(=O)CN(Cc1ccccc1)C1CC1. The van der Waals surface area contributed by atoms with Gasteiger partial charge in [0, 0.05) is 25.7 Å². The number of nitrogens with zero attached hydrogens (tertiary/aromatic N) is 2. The number of carbonyl (C=O) groups excluding carboxylic acids is 1. The standard InChI is InChI=1S/C18H28N2O/c1-3-12-19(13-4-2)18(21)15-20(17-10-11-17)14-16-8-6-5-7-9-16/h5-9,17H,3-4,10-15H2,1-2H3. The van der Waals surface area contributed by atoms with Crippen molar-refractivity contribution in [2.24, 2.45) is 0 Å². The lowest BCUT2D eigenvalue weighted by molar-refractivity contribution is -0.132. The van der Waals surface area contributed by atoms with Gasteiger partial charge in [0.25, 0.3) is 0 Å². The highest BCUT2D eigenvalue weighted by Crippen LogP contribution is 2.28. The smallest absolute Gasteiger partial charge is 0.236 e. The van der Waals surface area contributed by atoms with Gasteiger partial charge in [-0.25, -0.2) is 0 Å². The summed E-state index contributed by atoms with van der Waals surface area (Å²) in [7, 11) is 0. The van der Waals surface area contributed by atoms with Gasteiger partial charge < -0.3 is 4.90 Å². The minimum atomic E-state index is 0.293. The van der Waals surface area contributed by atoms with E-state index in [4.69, 9.17) is 0 Å². The number of hydrogen-bond acceptors (Lipinski definition) is 2. The van der Waals surface area contributed by atoms with Gasteiger partial charge in [-0.3, -0.25) is 9.69 Å². The lowest BCUT2D eigenvalue weighted by Crippen LogP contribution is -2.41. The molecule has 0 bridgehead atoms. The third-order valence-electron chi connectivity index (χ3n) is 3.97. The molecule has 0 heterocycles. The quantitative estimate of drug-likeness (QED) is 0.696. The van der Waals surface area contributed by atoms with Crippen molar-refractivity contribution in [3.63, 3.8) is 0 Å². The van der Waals surface area contributed by atoms with Crippen molar-refractivity contribution in [3.05, 3.63) is 35.9 Å². The summed E-state index contributed by atoms with van der Waals surface area (Å²) in [6.45, 7) is 7.51. The molecular formula is C18H28N2O. The zero-order valence-corrected chi connectivity index (χ0v) is 13.4. The van der Waals surface area contributed by atoms with E-state index >= 15 is 0 Å². The Hall–Kier alpha value is -1.35. The number of benzene rings is 1. The van der Waals surface area contributed by atoms with Crippen LogP contribution >= 0.6 is 0 Å². The lowest BCUT2D eigenvalue weighted by Gasteiger charge is -2.27. The van der Waals surface area contributed by atoms with E-state index in [9.17, 15) is 4.79 Å². The van der Waals surface area contributed by atoms with Crippen LogP contribution in [-0.2, 0) is 11.3 Å². The molecule has 0 saturated heterocycles. The van der Waals surface area contributed by atoms with E-state index < -0.39 is 0 Å². The van der Waals surface area contributed by atoms with E-state index in [1.165, 1.54) is 18.4 Å². The maximum atomic E-state index is 12.5. The predicted octanol–water partition coefficient (Wildman–Crippen LogP) is 3.30.